The number of ether oxygens (including phenoxy) is 1. The lowest BCUT2D eigenvalue weighted by Crippen LogP contribution is -2.50. The summed E-state index contributed by atoms with van der Waals surface area (Å²) in [6, 6.07) is 11.5. The summed E-state index contributed by atoms with van der Waals surface area (Å²) in [5.74, 6) is -1.16. The van der Waals surface area contributed by atoms with E-state index >= 15 is 0 Å². The molecular weight excluding hydrogens is 476 g/mol. The molecule has 2 rings (SSSR count). The highest BCUT2D eigenvalue weighted by Crippen LogP contribution is 2.31. The molecule has 2 atom stereocenters. The van der Waals surface area contributed by atoms with Crippen LogP contribution in [0, 0.1) is 31.6 Å². The topological polar surface area (TPSA) is 215 Å². The summed E-state index contributed by atoms with van der Waals surface area (Å²) in [4.78, 5) is 46.8. The van der Waals surface area contributed by atoms with Crippen LogP contribution in [-0.2, 0) is 4.74 Å². The molecule has 0 aliphatic heterocycles. The Balaban J connectivity index is 2.33. The maximum Gasteiger partial charge on any atom is 0.424 e. The van der Waals surface area contributed by atoms with Gasteiger partial charge < -0.3 is 10.5 Å². The highest BCUT2D eigenvalue weighted by molar-refractivity contribution is 6.06. The summed E-state index contributed by atoms with van der Waals surface area (Å²) in [6.07, 6.45) is -1.93. The molecule has 0 spiro atoms. The van der Waals surface area contributed by atoms with E-state index in [4.69, 9.17) is 15.7 Å². The first-order valence-electron chi connectivity index (χ1n) is 10.7. The summed E-state index contributed by atoms with van der Waals surface area (Å²) >= 11 is 0. The van der Waals surface area contributed by atoms with Crippen LogP contribution in [0.15, 0.2) is 48.5 Å². The first-order chi connectivity index (χ1) is 17.2. The van der Waals surface area contributed by atoms with Crippen molar-refractivity contribution in [2.75, 3.05) is 6.54 Å². The fourth-order valence-electron chi connectivity index (χ4n) is 3.40. The number of hydrogen-bond acceptors (Lipinski definition) is 11. The lowest BCUT2D eigenvalue weighted by Gasteiger charge is -2.26. The molecule has 2 aromatic rings. The Kier molecular flexibility index (Phi) is 10.4. The maximum absolute atomic E-state index is 13.3. The fourth-order valence-corrected chi connectivity index (χ4v) is 3.40. The standard InChI is InChI=1S/C22H24N6O8/c23-13-5-4-9-18(21(29)20-16(27(32)33)10-6-11-17(20)28(34)35)26(31)25-22(30)36-19(12-14-24)15-7-2-1-3-8-15/h1-3,6-8,10-11,18-19,31H,4-5,9,12-13,23H2,(H,25,30)/t18-,19?/m0/s1. The molecule has 4 N–H and O–H groups in total. The number of hydrogen-bond donors (Lipinski definition) is 3. The van der Waals surface area contributed by atoms with Gasteiger partial charge in [-0.05, 0) is 37.4 Å². The fraction of sp³-hybridized carbons (Fsp3) is 0.318. The van der Waals surface area contributed by atoms with Gasteiger partial charge in [-0.3, -0.25) is 30.2 Å². The average Bonchev–Trinajstić information content (AvgIpc) is 2.85. The van der Waals surface area contributed by atoms with E-state index in [9.17, 15) is 35.0 Å². The molecule has 1 unspecified atom stereocenters. The first-order valence-corrected chi connectivity index (χ1v) is 10.7. The predicted molar refractivity (Wildman–Crippen MR) is 123 cm³/mol. The van der Waals surface area contributed by atoms with E-state index in [1.165, 1.54) is 0 Å². The summed E-state index contributed by atoms with van der Waals surface area (Å²) < 4.78 is 5.21. The molecule has 0 saturated carbocycles. The molecule has 0 heterocycles. The van der Waals surface area contributed by atoms with Gasteiger partial charge in [0.1, 0.15) is 12.1 Å². The van der Waals surface area contributed by atoms with Crippen LogP contribution in [0.25, 0.3) is 0 Å². The summed E-state index contributed by atoms with van der Waals surface area (Å²) in [7, 11) is 0. The Morgan fingerprint density at radius 2 is 1.69 bits per heavy atom. The van der Waals surface area contributed by atoms with E-state index in [0.717, 1.165) is 18.2 Å². The highest BCUT2D eigenvalue weighted by atomic mass is 16.6. The van der Waals surface area contributed by atoms with Crippen molar-refractivity contribution in [1.82, 2.24) is 10.6 Å². The SMILES string of the molecule is N#CCC(OC(=O)NN(O)[C@@H](CCCCN)C(=O)c1c([N+](=O)[O-])cccc1[N+](=O)[O-])c1ccccc1. The normalized spacial score (nSPS) is 12.3. The van der Waals surface area contributed by atoms with Crippen molar-refractivity contribution in [2.45, 2.75) is 37.8 Å². The Morgan fingerprint density at radius 3 is 2.22 bits per heavy atom. The summed E-state index contributed by atoms with van der Waals surface area (Å²) in [6.45, 7) is 0.236. The Bertz CT molecular complexity index is 1100. The average molecular weight is 500 g/mol. The third-order valence-electron chi connectivity index (χ3n) is 5.09. The number of nitrogens with two attached hydrogens (primary N) is 1. The number of carbonyl (C=O) groups excluding carboxylic acids is 2. The largest absolute Gasteiger partial charge is 0.439 e. The van der Waals surface area contributed by atoms with Crippen LogP contribution in [0.1, 0.15) is 47.7 Å². The second-order valence-electron chi connectivity index (χ2n) is 7.47. The predicted octanol–water partition coefficient (Wildman–Crippen LogP) is 3.17. The minimum absolute atomic E-state index is 0.0933. The van der Waals surface area contributed by atoms with Crippen molar-refractivity contribution < 1.29 is 29.4 Å². The zero-order valence-electron chi connectivity index (χ0n) is 19.0. The second kappa shape index (κ2) is 13.4. The summed E-state index contributed by atoms with van der Waals surface area (Å²) in [5, 5.41) is 42.6. The van der Waals surface area contributed by atoms with Crippen LogP contribution in [0.3, 0.4) is 0 Å². The quantitative estimate of drug-likeness (QED) is 0.157. The number of carbonyl (C=O) groups is 2. The van der Waals surface area contributed by atoms with Gasteiger partial charge in [-0.15, -0.1) is 0 Å². The van der Waals surface area contributed by atoms with Gasteiger partial charge in [-0.2, -0.15) is 5.26 Å². The van der Waals surface area contributed by atoms with Gasteiger partial charge in [0.25, 0.3) is 11.4 Å². The number of nitrogens with zero attached hydrogens (tertiary/aromatic N) is 4. The zero-order chi connectivity index (χ0) is 26.7. The number of Topliss-reactive ketones (excluding diaryl/α,β-unsaturated/α-hetero) is 1. The molecule has 0 saturated heterocycles. The molecule has 1 amide bonds. The molecule has 0 aliphatic carbocycles. The number of amides is 1. The van der Waals surface area contributed by atoms with Gasteiger partial charge in [-0.25, -0.2) is 10.2 Å². The van der Waals surface area contributed by atoms with Crippen LogP contribution < -0.4 is 11.2 Å². The molecule has 0 fully saturated rings. The molecule has 2 aromatic carbocycles. The molecule has 0 bridgehead atoms. The number of hydroxylamine groups is 1. The van der Waals surface area contributed by atoms with Gasteiger partial charge in [0.15, 0.2) is 11.3 Å². The van der Waals surface area contributed by atoms with Gasteiger partial charge >= 0.3 is 6.09 Å². The number of rotatable bonds is 13. The molecule has 0 aliphatic rings. The number of hydrazine groups is 1. The van der Waals surface area contributed by atoms with Gasteiger partial charge in [-0.1, -0.05) is 35.5 Å². The lowest BCUT2D eigenvalue weighted by molar-refractivity contribution is -0.394. The van der Waals surface area contributed by atoms with Crippen LogP contribution in [-0.4, -0.2) is 44.7 Å². The van der Waals surface area contributed by atoms with Crippen molar-refractivity contribution in [2.24, 2.45) is 5.73 Å². The van der Waals surface area contributed by atoms with Crippen LogP contribution in [0.4, 0.5) is 16.2 Å². The highest BCUT2D eigenvalue weighted by Gasteiger charge is 2.37. The Morgan fingerprint density at radius 1 is 1.08 bits per heavy atom. The van der Waals surface area contributed by atoms with Crippen molar-refractivity contribution in [3.63, 3.8) is 0 Å². The number of ketones is 1. The number of benzene rings is 2. The van der Waals surface area contributed by atoms with E-state index in [-0.39, 0.29) is 31.0 Å². The molecule has 0 aromatic heterocycles. The minimum Gasteiger partial charge on any atom is -0.439 e. The van der Waals surface area contributed by atoms with Gasteiger partial charge in [0.05, 0.1) is 22.3 Å². The van der Waals surface area contributed by atoms with E-state index in [2.05, 4.69) is 0 Å². The van der Waals surface area contributed by atoms with Gasteiger partial charge in [0, 0.05) is 12.1 Å². The van der Waals surface area contributed by atoms with Crippen molar-refractivity contribution >= 4 is 23.3 Å². The molecule has 14 nitrogen and oxygen atoms in total. The molecule has 36 heavy (non-hydrogen) atoms. The lowest BCUT2D eigenvalue weighted by atomic mass is 9.97. The van der Waals surface area contributed by atoms with Crippen molar-refractivity contribution in [1.29, 1.82) is 5.26 Å². The number of nitro benzene ring substituents is 2. The molecular formula is C22H24N6O8. The van der Waals surface area contributed by atoms with Crippen LogP contribution >= 0.6 is 0 Å². The second-order valence-corrected chi connectivity index (χ2v) is 7.47. The van der Waals surface area contributed by atoms with E-state index in [0.29, 0.717) is 12.0 Å². The molecule has 14 heteroatoms. The molecule has 0 radical (unpaired) electrons. The first kappa shape index (κ1) is 27.8. The van der Waals surface area contributed by atoms with Crippen molar-refractivity contribution in [3.05, 3.63) is 79.9 Å². The number of nitriles is 1. The van der Waals surface area contributed by atoms with Crippen LogP contribution in [0.5, 0.6) is 0 Å². The van der Waals surface area contributed by atoms with E-state index in [1.54, 1.807) is 30.3 Å². The number of unbranched alkanes of at least 4 members (excludes halogenated alkanes) is 1. The van der Waals surface area contributed by atoms with Gasteiger partial charge in [0.2, 0.25) is 0 Å². The smallest absolute Gasteiger partial charge is 0.424 e. The monoisotopic (exact) mass is 500 g/mol. The van der Waals surface area contributed by atoms with E-state index in [1.807, 2.05) is 11.5 Å². The zero-order valence-corrected chi connectivity index (χ0v) is 19.0. The maximum atomic E-state index is 13.3. The van der Waals surface area contributed by atoms with E-state index < -0.39 is 50.8 Å². The third-order valence-corrected chi connectivity index (χ3v) is 5.09. The van der Waals surface area contributed by atoms with Crippen LogP contribution in [0.2, 0.25) is 0 Å². The molecule has 190 valence electrons. The Labute approximate surface area is 205 Å². The minimum atomic E-state index is -1.64. The summed E-state index contributed by atoms with van der Waals surface area (Å²) in [5.41, 5.74) is 5.43. The van der Waals surface area contributed by atoms with Crippen molar-refractivity contribution in [3.8, 4) is 6.07 Å². The number of nitro groups is 2. The third kappa shape index (κ3) is 7.27. The Hall–Kier alpha value is -4.45. The number of nitrogens with one attached hydrogen (secondary N) is 1.